The molecule has 1 fully saturated rings. The second-order valence-corrected chi connectivity index (χ2v) is 6.14. The van der Waals surface area contributed by atoms with Gasteiger partial charge in [0.15, 0.2) is 5.82 Å². The molecule has 8 heteroatoms. The molecule has 0 aromatic carbocycles. The molecule has 0 spiro atoms. The summed E-state index contributed by atoms with van der Waals surface area (Å²) in [5, 5.41) is 18.3. The molecular weight excluding hydrogens is 320 g/mol. The van der Waals surface area contributed by atoms with E-state index in [0.717, 1.165) is 49.9 Å². The number of piperazine rings is 1. The summed E-state index contributed by atoms with van der Waals surface area (Å²) in [6.45, 7) is 6.19. The number of aliphatic hydroxyl groups is 2. The number of anilines is 1. The summed E-state index contributed by atoms with van der Waals surface area (Å²) in [4.78, 5) is 21.9. The highest BCUT2D eigenvalue weighted by atomic mass is 16.3. The Balaban J connectivity index is 1.58. The number of rotatable bonds is 6. The lowest BCUT2D eigenvalue weighted by atomic mass is 10.2. The summed E-state index contributed by atoms with van der Waals surface area (Å²) in [5.41, 5.74) is 1.82. The van der Waals surface area contributed by atoms with Crippen molar-refractivity contribution in [1.29, 1.82) is 0 Å². The second kappa shape index (κ2) is 8.28. The smallest absolute Gasteiger partial charge is 0.154 e. The minimum Gasteiger partial charge on any atom is -0.396 e. The number of aliphatic hydroxyl groups excluding tert-OH is 2. The highest BCUT2D eigenvalue weighted by Crippen LogP contribution is 2.15. The highest BCUT2D eigenvalue weighted by Gasteiger charge is 2.19. The molecule has 0 amide bonds. The molecular formula is C17H24N6O2. The summed E-state index contributed by atoms with van der Waals surface area (Å²) in [5.74, 6) is 2.07. The van der Waals surface area contributed by atoms with Crippen LogP contribution in [0.3, 0.4) is 0 Å². The van der Waals surface area contributed by atoms with Crippen LogP contribution in [0.1, 0.15) is 23.0 Å². The lowest BCUT2D eigenvalue weighted by Gasteiger charge is -2.35. The van der Waals surface area contributed by atoms with Crippen molar-refractivity contribution >= 4 is 5.82 Å². The van der Waals surface area contributed by atoms with Gasteiger partial charge in [-0.3, -0.25) is 4.90 Å². The average Bonchev–Trinajstić information content (AvgIpc) is 2.62. The zero-order valence-corrected chi connectivity index (χ0v) is 14.5. The highest BCUT2D eigenvalue weighted by molar-refractivity contribution is 5.38. The first-order valence-electron chi connectivity index (χ1n) is 8.52. The molecule has 134 valence electrons. The van der Waals surface area contributed by atoms with Gasteiger partial charge in [-0.05, 0) is 19.1 Å². The summed E-state index contributed by atoms with van der Waals surface area (Å²) < 4.78 is 0. The van der Waals surface area contributed by atoms with Crippen LogP contribution in [0.25, 0.3) is 0 Å². The van der Waals surface area contributed by atoms with E-state index >= 15 is 0 Å². The molecule has 0 saturated carbocycles. The van der Waals surface area contributed by atoms with Crippen molar-refractivity contribution < 1.29 is 10.2 Å². The standard InChI is InChI=1S/C17H24N6O2/c1-13-10-14(20-16(12-25)19-13)11-22-5-7-23(8-6-22)17-2-4-18-15(21-17)3-9-24/h2,4,10,24-25H,3,5-9,11-12H2,1H3. The van der Waals surface area contributed by atoms with Crippen LogP contribution in [0, 0.1) is 6.92 Å². The number of hydrogen-bond acceptors (Lipinski definition) is 8. The molecule has 3 heterocycles. The van der Waals surface area contributed by atoms with E-state index in [4.69, 9.17) is 5.11 Å². The summed E-state index contributed by atoms with van der Waals surface area (Å²) in [6, 6.07) is 3.88. The van der Waals surface area contributed by atoms with Crippen LogP contribution >= 0.6 is 0 Å². The Morgan fingerprint density at radius 3 is 2.56 bits per heavy atom. The van der Waals surface area contributed by atoms with Gasteiger partial charge in [-0.2, -0.15) is 0 Å². The van der Waals surface area contributed by atoms with Gasteiger partial charge < -0.3 is 15.1 Å². The van der Waals surface area contributed by atoms with Gasteiger partial charge in [0.05, 0.1) is 12.3 Å². The lowest BCUT2D eigenvalue weighted by molar-refractivity contribution is 0.243. The molecule has 0 unspecified atom stereocenters. The van der Waals surface area contributed by atoms with E-state index in [9.17, 15) is 5.11 Å². The van der Waals surface area contributed by atoms with Crippen molar-refractivity contribution in [2.24, 2.45) is 0 Å². The first-order chi connectivity index (χ1) is 12.2. The summed E-state index contributed by atoms with van der Waals surface area (Å²) in [7, 11) is 0. The fraction of sp³-hybridized carbons (Fsp3) is 0.529. The second-order valence-electron chi connectivity index (χ2n) is 6.14. The third kappa shape index (κ3) is 4.68. The van der Waals surface area contributed by atoms with Crippen molar-refractivity contribution in [3.05, 3.63) is 41.4 Å². The Bertz CT molecular complexity index is 703. The van der Waals surface area contributed by atoms with Crippen LogP contribution in [-0.2, 0) is 19.6 Å². The fourth-order valence-electron chi connectivity index (χ4n) is 3.00. The number of nitrogens with zero attached hydrogens (tertiary/aromatic N) is 6. The van der Waals surface area contributed by atoms with Crippen molar-refractivity contribution in [1.82, 2.24) is 24.8 Å². The van der Waals surface area contributed by atoms with Gasteiger partial charge >= 0.3 is 0 Å². The van der Waals surface area contributed by atoms with Gasteiger partial charge in [-0.15, -0.1) is 0 Å². The molecule has 0 aliphatic carbocycles. The van der Waals surface area contributed by atoms with Crippen LogP contribution < -0.4 is 4.90 Å². The molecule has 0 atom stereocenters. The van der Waals surface area contributed by atoms with Crippen LogP contribution in [0.4, 0.5) is 5.82 Å². The fourth-order valence-corrected chi connectivity index (χ4v) is 3.00. The molecule has 3 rings (SSSR count). The third-order valence-electron chi connectivity index (χ3n) is 4.20. The molecule has 2 aromatic rings. The van der Waals surface area contributed by atoms with E-state index in [0.29, 0.717) is 18.1 Å². The molecule has 1 aliphatic heterocycles. The van der Waals surface area contributed by atoms with Crippen molar-refractivity contribution in [3.8, 4) is 0 Å². The predicted molar refractivity (Wildman–Crippen MR) is 93.0 cm³/mol. The van der Waals surface area contributed by atoms with Crippen LogP contribution in [0.2, 0.25) is 0 Å². The Hall–Kier alpha value is -2.16. The van der Waals surface area contributed by atoms with Crippen molar-refractivity contribution in [2.45, 2.75) is 26.5 Å². The number of aryl methyl sites for hydroxylation is 1. The maximum absolute atomic E-state index is 9.24. The first-order valence-corrected chi connectivity index (χ1v) is 8.52. The van der Waals surface area contributed by atoms with Gasteiger partial charge in [-0.25, -0.2) is 19.9 Å². The molecule has 25 heavy (non-hydrogen) atoms. The maximum atomic E-state index is 9.24. The Labute approximate surface area is 147 Å². The molecule has 2 aromatic heterocycles. The Morgan fingerprint density at radius 1 is 1.04 bits per heavy atom. The zero-order valence-electron chi connectivity index (χ0n) is 14.5. The Kier molecular flexibility index (Phi) is 5.85. The van der Waals surface area contributed by atoms with E-state index < -0.39 is 0 Å². The molecule has 0 bridgehead atoms. The van der Waals surface area contributed by atoms with E-state index in [2.05, 4.69) is 29.7 Å². The van der Waals surface area contributed by atoms with E-state index in [1.54, 1.807) is 6.20 Å². The van der Waals surface area contributed by atoms with E-state index in [1.165, 1.54) is 0 Å². The van der Waals surface area contributed by atoms with Crippen LogP contribution in [-0.4, -0.2) is 67.8 Å². The third-order valence-corrected chi connectivity index (χ3v) is 4.20. The molecule has 1 aliphatic rings. The lowest BCUT2D eigenvalue weighted by Crippen LogP contribution is -2.46. The molecule has 0 radical (unpaired) electrons. The van der Waals surface area contributed by atoms with Crippen LogP contribution in [0.5, 0.6) is 0 Å². The number of aromatic nitrogens is 4. The van der Waals surface area contributed by atoms with Crippen LogP contribution in [0.15, 0.2) is 18.3 Å². The largest absolute Gasteiger partial charge is 0.396 e. The van der Waals surface area contributed by atoms with Gasteiger partial charge in [-0.1, -0.05) is 0 Å². The van der Waals surface area contributed by atoms with Gasteiger partial charge in [0, 0.05) is 51.0 Å². The van der Waals surface area contributed by atoms with Gasteiger partial charge in [0.2, 0.25) is 0 Å². The topological polar surface area (TPSA) is 98.5 Å². The van der Waals surface area contributed by atoms with Gasteiger partial charge in [0.1, 0.15) is 18.2 Å². The van der Waals surface area contributed by atoms with E-state index in [1.807, 2.05) is 19.1 Å². The Morgan fingerprint density at radius 2 is 1.84 bits per heavy atom. The first kappa shape index (κ1) is 17.7. The molecule has 2 N–H and O–H groups in total. The minimum atomic E-state index is -0.133. The van der Waals surface area contributed by atoms with Gasteiger partial charge in [0.25, 0.3) is 0 Å². The van der Waals surface area contributed by atoms with E-state index in [-0.39, 0.29) is 13.2 Å². The summed E-state index contributed by atoms with van der Waals surface area (Å²) >= 11 is 0. The quantitative estimate of drug-likeness (QED) is 0.751. The predicted octanol–water partition coefficient (Wildman–Crippen LogP) is -0.0757. The number of hydrogen-bond donors (Lipinski definition) is 2. The average molecular weight is 344 g/mol. The summed E-state index contributed by atoms with van der Waals surface area (Å²) in [6.07, 6.45) is 2.23. The van der Waals surface area contributed by atoms with Crippen molar-refractivity contribution in [3.63, 3.8) is 0 Å². The SMILES string of the molecule is Cc1cc(CN2CCN(c3ccnc(CCO)n3)CC2)nc(CO)n1. The molecule has 1 saturated heterocycles. The minimum absolute atomic E-state index is 0.0609. The van der Waals surface area contributed by atoms with Crippen molar-refractivity contribution in [2.75, 3.05) is 37.7 Å². The molecule has 8 nitrogen and oxygen atoms in total. The zero-order chi connectivity index (χ0) is 17.6. The maximum Gasteiger partial charge on any atom is 0.154 e. The monoisotopic (exact) mass is 344 g/mol. The normalized spacial score (nSPS) is 15.6.